The van der Waals surface area contributed by atoms with E-state index in [1.807, 2.05) is 32.6 Å². The van der Waals surface area contributed by atoms with Crippen LogP contribution in [0.15, 0.2) is 0 Å². The number of morpholine rings is 1. The fraction of sp³-hybridized carbons (Fsp3) is 0.929. The smallest absolute Gasteiger partial charge is 0.225 e. The fourth-order valence-electron chi connectivity index (χ4n) is 2.54. The molecule has 0 spiro atoms. The summed E-state index contributed by atoms with van der Waals surface area (Å²) in [6.45, 7) is 9.53. The van der Waals surface area contributed by atoms with Crippen LogP contribution in [0.25, 0.3) is 0 Å². The Morgan fingerprint density at radius 1 is 1.28 bits per heavy atom. The molecule has 1 fully saturated rings. The van der Waals surface area contributed by atoms with Crippen molar-refractivity contribution in [3.8, 4) is 0 Å². The van der Waals surface area contributed by atoms with E-state index in [-0.39, 0.29) is 30.1 Å². The molecule has 1 amide bonds. The van der Waals surface area contributed by atoms with Gasteiger partial charge in [0.15, 0.2) is 0 Å². The van der Waals surface area contributed by atoms with Gasteiger partial charge in [0.2, 0.25) is 5.91 Å². The Morgan fingerprint density at radius 2 is 1.83 bits per heavy atom. The Hall–Kier alpha value is -0.610. The van der Waals surface area contributed by atoms with Gasteiger partial charge in [-0.05, 0) is 33.6 Å². The third-order valence-corrected chi connectivity index (χ3v) is 3.45. The summed E-state index contributed by atoms with van der Waals surface area (Å²) in [5, 5.41) is 0. The molecule has 0 aromatic rings. The number of carbonyl (C=O) groups excluding carboxylic acids is 1. The van der Waals surface area contributed by atoms with Crippen LogP contribution in [-0.2, 0) is 9.53 Å². The van der Waals surface area contributed by atoms with E-state index in [9.17, 15) is 4.79 Å². The van der Waals surface area contributed by atoms with Crippen molar-refractivity contribution in [1.82, 2.24) is 4.90 Å². The minimum Gasteiger partial charge on any atom is -0.372 e. The van der Waals surface area contributed by atoms with E-state index in [1.165, 1.54) is 0 Å². The molecule has 4 nitrogen and oxygen atoms in total. The van der Waals surface area contributed by atoms with Crippen molar-refractivity contribution in [2.75, 3.05) is 13.1 Å². The van der Waals surface area contributed by atoms with Crippen molar-refractivity contribution in [2.45, 2.75) is 65.2 Å². The van der Waals surface area contributed by atoms with E-state index in [0.29, 0.717) is 0 Å². The zero-order chi connectivity index (χ0) is 13.7. The zero-order valence-corrected chi connectivity index (χ0v) is 12.2. The van der Waals surface area contributed by atoms with Crippen molar-refractivity contribution in [3.63, 3.8) is 0 Å². The lowest BCUT2D eigenvalue weighted by molar-refractivity contribution is -0.147. The van der Waals surface area contributed by atoms with E-state index in [1.54, 1.807) is 0 Å². The molecule has 0 aromatic carbocycles. The highest BCUT2D eigenvalue weighted by molar-refractivity contribution is 5.78. The van der Waals surface area contributed by atoms with Gasteiger partial charge in [0, 0.05) is 25.0 Å². The fourth-order valence-corrected chi connectivity index (χ4v) is 2.54. The number of amides is 1. The summed E-state index contributed by atoms with van der Waals surface area (Å²) in [4.78, 5) is 14.3. The van der Waals surface area contributed by atoms with Crippen LogP contribution in [0, 0.1) is 5.92 Å². The van der Waals surface area contributed by atoms with Crippen molar-refractivity contribution in [1.29, 1.82) is 0 Å². The third-order valence-electron chi connectivity index (χ3n) is 3.45. The van der Waals surface area contributed by atoms with E-state index in [2.05, 4.69) is 0 Å². The lowest BCUT2D eigenvalue weighted by atomic mass is 10.00. The van der Waals surface area contributed by atoms with Crippen LogP contribution in [0.3, 0.4) is 0 Å². The first kappa shape index (κ1) is 15.4. The number of nitrogens with zero attached hydrogens (tertiary/aromatic N) is 1. The number of carbonyl (C=O) groups is 1. The molecule has 1 aliphatic rings. The Labute approximate surface area is 111 Å². The average Bonchev–Trinajstić information content (AvgIpc) is 2.26. The Morgan fingerprint density at radius 3 is 2.33 bits per heavy atom. The van der Waals surface area contributed by atoms with Crippen LogP contribution in [0.1, 0.15) is 47.0 Å². The number of hydrogen-bond acceptors (Lipinski definition) is 3. The summed E-state index contributed by atoms with van der Waals surface area (Å²) in [5.41, 5.74) is 5.72. The largest absolute Gasteiger partial charge is 0.372 e. The first-order valence-electron chi connectivity index (χ1n) is 7.10. The van der Waals surface area contributed by atoms with Gasteiger partial charge in [-0.25, -0.2) is 0 Å². The molecule has 1 rings (SSSR count). The van der Waals surface area contributed by atoms with Crippen LogP contribution < -0.4 is 5.73 Å². The molecule has 4 unspecified atom stereocenters. The second-order valence-electron chi connectivity index (χ2n) is 5.81. The second kappa shape index (κ2) is 7.10. The normalized spacial score (nSPS) is 27.9. The monoisotopic (exact) mass is 256 g/mol. The van der Waals surface area contributed by atoms with Crippen molar-refractivity contribution in [3.05, 3.63) is 0 Å². The summed E-state index contributed by atoms with van der Waals surface area (Å²) in [5.74, 6) is 0.364. The van der Waals surface area contributed by atoms with Crippen LogP contribution in [-0.4, -0.2) is 42.1 Å². The van der Waals surface area contributed by atoms with E-state index >= 15 is 0 Å². The van der Waals surface area contributed by atoms with Crippen LogP contribution in [0.4, 0.5) is 0 Å². The molecular weight excluding hydrogens is 228 g/mol. The minimum absolute atomic E-state index is 0.0984. The highest BCUT2D eigenvalue weighted by Gasteiger charge is 2.28. The quantitative estimate of drug-likeness (QED) is 0.815. The molecule has 0 bridgehead atoms. The summed E-state index contributed by atoms with van der Waals surface area (Å²) >= 11 is 0. The zero-order valence-electron chi connectivity index (χ0n) is 12.2. The molecule has 0 saturated carbocycles. The van der Waals surface area contributed by atoms with Gasteiger partial charge in [-0.3, -0.25) is 4.79 Å². The van der Waals surface area contributed by atoms with Crippen molar-refractivity contribution < 1.29 is 9.53 Å². The van der Waals surface area contributed by atoms with E-state index in [0.717, 1.165) is 32.4 Å². The van der Waals surface area contributed by atoms with Gasteiger partial charge in [0.1, 0.15) is 0 Å². The van der Waals surface area contributed by atoms with E-state index in [4.69, 9.17) is 10.5 Å². The van der Waals surface area contributed by atoms with E-state index < -0.39 is 0 Å². The summed E-state index contributed by atoms with van der Waals surface area (Å²) in [7, 11) is 0. The van der Waals surface area contributed by atoms with Gasteiger partial charge in [-0.15, -0.1) is 0 Å². The summed E-state index contributed by atoms with van der Waals surface area (Å²) < 4.78 is 5.65. The Bertz CT molecular complexity index is 259. The lowest BCUT2D eigenvalue weighted by Crippen LogP contribution is -2.49. The van der Waals surface area contributed by atoms with Gasteiger partial charge < -0.3 is 15.4 Å². The first-order valence-corrected chi connectivity index (χ1v) is 7.10. The first-order chi connectivity index (χ1) is 8.40. The SMILES string of the molecule is CC(N)CCCC(C)C(=O)N1CC(C)OC(C)C1. The predicted octanol–water partition coefficient (Wildman–Crippen LogP) is 1.78. The third kappa shape index (κ3) is 4.94. The molecule has 4 heteroatoms. The number of rotatable bonds is 5. The second-order valence-corrected chi connectivity index (χ2v) is 5.81. The highest BCUT2D eigenvalue weighted by Crippen LogP contribution is 2.17. The maximum Gasteiger partial charge on any atom is 0.225 e. The molecule has 18 heavy (non-hydrogen) atoms. The molecule has 1 heterocycles. The molecule has 2 N–H and O–H groups in total. The summed E-state index contributed by atoms with van der Waals surface area (Å²) in [6, 6.07) is 0.232. The molecular formula is C14H28N2O2. The van der Waals surface area contributed by atoms with Crippen LogP contribution >= 0.6 is 0 Å². The maximum atomic E-state index is 12.3. The molecule has 0 aromatic heterocycles. The van der Waals surface area contributed by atoms with Gasteiger partial charge >= 0.3 is 0 Å². The van der Waals surface area contributed by atoms with Gasteiger partial charge in [-0.1, -0.05) is 13.3 Å². The molecule has 0 radical (unpaired) electrons. The van der Waals surface area contributed by atoms with Gasteiger partial charge in [-0.2, -0.15) is 0 Å². The van der Waals surface area contributed by atoms with Gasteiger partial charge in [0.25, 0.3) is 0 Å². The lowest BCUT2D eigenvalue weighted by Gasteiger charge is -2.36. The summed E-state index contributed by atoms with van der Waals surface area (Å²) in [6.07, 6.45) is 3.25. The maximum absolute atomic E-state index is 12.3. The number of hydrogen-bond donors (Lipinski definition) is 1. The Kier molecular flexibility index (Phi) is 6.09. The van der Waals surface area contributed by atoms with Crippen LogP contribution in [0.5, 0.6) is 0 Å². The standard InChI is InChI=1S/C14H28N2O2/c1-10(6-5-7-11(2)15)14(17)16-8-12(3)18-13(4)9-16/h10-13H,5-9,15H2,1-4H3. The minimum atomic E-state index is 0.0984. The molecule has 4 atom stereocenters. The molecule has 1 saturated heterocycles. The molecule has 106 valence electrons. The highest BCUT2D eigenvalue weighted by atomic mass is 16.5. The average molecular weight is 256 g/mol. The number of ether oxygens (including phenoxy) is 1. The molecule has 1 aliphatic heterocycles. The van der Waals surface area contributed by atoms with Gasteiger partial charge in [0.05, 0.1) is 12.2 Å². The molecule has 0 aliphatic carbocycles. The van der Waals surface area contributed by atoms with Crippen LogP contribution in [0.2, 0.25) is 0 Å². The topological polar surface area (TPSA) is 55.6 Å². The van der Waals surface area contributed by atoms with Crippen molar-refractivity contribution >= 4 is 5.91 Å². The van der Waals surface area contributed by atoms with Crippen molar-refractivity contribution in [2.24, 2.45) is 11.7 Å². The Balaban J connectivity index is 2.38. The number of nitrogens with two attached hydrogens (primary N) is 1. The predicted molar refractivity (Wildman–Crippen MR) is 73.3 cm³/mol.